The average Bonchev–Trinajstić information content (AvgIpc) is 3.12. The van der Waals surface area contributed by atoms with E-state index in [1.807, 2.05) is 16.8 Å². The van der Waals surface area contributed by atoms with Crippen molar-refractivity contribution in [2.75, 3.05) is 4.90 Å². The highest BCUT2D eigenvalue weighted by Gasteiger charge is 2.52. The normalized spacial score (nSPS) is 23.5. The lowest BCUT2D eigenvalue weighted by atomic mass is 9.93. The number of hydrogen-bond acceptors (Lipinski definition) is 3. The van der Waals surface area contributed by atoms with Gasteiger partial charge in [0.1, 0.15) is 0 Å². The Labute approximate surface area is 124 Å². The van der Waals surface area contributed by atoms with E-state index in [0.29, 0.717) is 6.04 Å². The lowest BCUT2D eigenvalue weighted by molar-refractivity contribution is 0.407. The lowest BCUT2D eigenvalue weighted by Gasteiger charge is -2.40. The zero-order chi connectivity index (χ0) is 13.7. The summed E-state index contributed by atoms with van der Waals surface area (Å²) < 4.78 is 0. The molecule has 3 heteroatoms. The van der Waals surface area contributed by atoms with Crippen LogP contribution >= 0.6 is 11.3 Å². The van der Waals surface area contributed by atoms with Gasteiger partial charge in [-0.1, -0.05) is 31.0 Å². The first-order valence-electron chi connectivity index (χ1n) is 7.53. The quantitative estimate of drug-likeness (QED) is 0.747. The molecule has 0 amide bonds. The van der Waals surface area contributed by atoms with Gasteiger partial charge in [-0.25, -0.2) is 4.98 Å². The van der Waals surface area contributed by atoms with E-state index in [-0.39, 0.29) is 5.54 Å². The van der Waals surface area contributed by atoms with Gasteiger partial charge in [-0.3, -0.25) is 0 Å². The monoisotopic (exact) mass is 284 g/mol. The summed E-state index contributed by atoms with van der Waals surface area (Å²) in [6.45, 7) is 4.57. The van der Waals surface area contributed by atoms with Gasteiger partial charge in [-0.15, -0.1) is 11.3 Å². The minimum atomic E-state index is 0.168. The first-order chi connectivity index (χ1) is 9.74. The molecule has 1 saturated carbocycles. The highest BCUT2D eigenvalue weighted by atomic mass is 32.1. The van der Waals surface area contributed by atoms with Crippen molar-refractivity contribution in [2.45, 2.75) is 51.1 Å². The molecule has 1 aliphatic carbocycles. The van der Waals surface area contributed by atoms with Gasteiger partial charge in [-0.05, 0) is 38.3 Å². The summed E-state index contributed by atoms with van der Waals surface area (Å²) in [6.07, 6.45) is 5.16. The van der Waals surface area contributed by atoms with Crippen LogP contribution in [0.3, 0.4) is 0 Å². The molecule has 0 saturated heterocycles. The molecule has 1 atom stereocenters. The molecule has 0 N–H and O–H groups in total. The molecule has 0 bridgehead atoms. The Hall–Kier alpha value is -1.35. The number of benzene rings is 1. The van der Waals surface area contributed by atoms with Crippen LogP contribution in [0.1, 0.15) is 54.8 Å². The number of nitrogens with zero attached hydrogens (tertiary/aromatic N) is 2. The first kappa shape index (κ1) is 12.4. The van der Waals surface area contributed by atoms with Crippen molar-refractivity contribution in [3.8, 4) is 0 Å². The molecular formula is C17H20N2S. The summed E-state index contributed by atoms with van der Waals surface area (Å²) >= 11 is 1.83. The second kappa shape index (κ2) is 4.32. The van der Waals surface area contributed by atoms with E-state index in [1.54, 1.807) is 0 Å². The number of anilines is 1. The maximum absolute atomic E-state index is 4.76. The van der Waals surface area contributed by atoms with Crippen molar-refractivity contribution in [2.24, 2.45) is 0 Å². The topological polar surface area (TPSA) is 16.1 Å². The van der Waals surface area contributed by atoms with Gasteiger partial charge in [0.2, 0.25) is 0 Å². The van der Waals surface area contributed by atoms with Crippen molar-refractivity contribution in [1.29, 1.82) is 0 Å². The van der Waals surface area contributed by atoms with Crippen molar-refractivity contribution in [3.63, 3.8) is 0 Å². The largest absolute Gasteiger partial charge is 0.352 e. The van der Waals surface area contributed by atoms with Crippen molar-refractivity contribution in [3.05, 3.63) is 45.9 Å². The third kappa shape index (κ3) is 1.47. The van der Waals surface area contributed by atoms with E-state index in [2.05, 4.69) is 43.0 Å². The number of fused-ring (bicyclic) bond motifs is 2. The molecule has 20 heavy (non-hydrogen) atoms. The fourth-order valence-electron chi connectivity index (χ4n) is 4.21. The Kier molecular flexibility index (Phi) is 2.68. The van der Waals surface area contributed by atoms with Crippen LogP contribution in [-0.2, 0) is 5.54 Å². The second-order valence-electron chi connectivity index (χ2n) is 6.14. The van der Waals surface area contributed by atoms with Crippen LogP contribution in [0.2, 0.25) is 0 Å². The second-order valence-corrected chi connectivity index (χ2v) is 7.02. The van der Waals surface area contributed by atoms with Crippen molar-refractivity contribution >= 4 is 17.0 Å². The summed E-state index contributed by atoms with van der Waals surface area (Å²) in [4.78, 5) is 8.92. The zero-order valence-corrected chi connectivity index (χ0v) is 12.9. The number of para-hydroxylation sites is 1. The number of thiazole rings is 1. The molecule has 2 aromatic rings. The summed E-state index contributed by atoms with van der Waals surface area (Å²) in [6, 6.07) is 9.26. The van der Waals surface area contributed by atoms with Crippen LogP contribution in [0.5, 0.6) is 0 Å². The minimum absolute atomic E-state index is 0.168. The number of hydrogen-bond donors (Lipinski definition) is 0. The van der Waals surface area contributed by atoms with Crippen molar-refractivity contribution < 1.29 is 0 Å². The number of aryl methyl sites for hydroxylation is 1. The fraction of sp³-hybridized carbons (Fsp3) is 0.471. The number of rotatable bonds is 1. The van der Waals surface area contributed by atoms with Gasteiger partial charge < -0.3 is 4.90 Å². The Morgan fingerprint density at radius 3 is 2.75 bits per heavy atom. The highest BCUT2D eigenvalue weighted by Crippen LogP contribution is 2.57. The molecule has 104 valence electrons. The Morgan fingerprint density at radius 2 is 2.00 bits per heavy atom. The van der Waals surface area contributed by atoms with Gasteiger partial charge in [-0.2, -0.15) is 0 Å². The van der Waals surface area contributed by atoms with Crippen LogP contribution in [0.15, 0.2) is 29.8 Å². The molecule has 2 aliphatic rings. The molecule has 1 aromatic heterocycles. The third-order valence-electron chi connectivity index (χ3n) is 5.07. The molecule has 2 heterocycles. The van der Waals surface area contributed by atoms with E-state index >= 15 is 0 Å². The number of aromatic nitrogens is 1. The van der Waals surface area contributed by atoms with Gasteiger partial charge in [0.25, 0.3) is 0 Å². The van der Waals surface area contributed by atoms with E-state index in [4.69, 9.17) is 4.98 Å². The molecule has 2 nitrogen and oxygen atoms in total. The van der Waals surface area contributed by atoms with E-state index in [9.17, 15) is 0 Å². The fourth-order valence-corrected chi connectivity index (χ4v) is 5.14. The SMILES string of the molecule is Cc1ccccc1N1[C@@H](C)c2scnc2C12CCCC2. The first-order valence-corrected chi connectivity index (χ1v) is 8.41. The maximum atomic E-state index is 4.76. The summed E-state index contributed by atoms with van der Waals surface area (Å²) in [5, 5.41) is 0. The van der Waals surface area contributed by atoms with E-state index < -0.39 is 0 Å². The van der Waals surface area contributed by atoms with Gasteiger partial charge >= 0.3 is 0 Å². The molecule has 4 rings (SSSR count). The van der Waals surface area contributed by atoms with Crippen LogP contribution < -0.4 is 4.90 Å². The summed E-state index contributed by atoms with van der Waals surface area (Å²) in [7, 11) is 0. The molecular weight excluding hydrogens is 264 g/mol. The smallest absolute Gasteiger partial charge is 0.0842 e. The van der Waals surface area contributed by atoms with Gasteiger partial charge in [0.15, 0.2) is 0 Å². The predicted octanol–water partition coefficient (Wildman–Crippen LogP) is 4.80. The standard InChI is InChI=1S/C17H20N2S/c1-12-7-3-4-8-14(12)19-13(2)15-16(18-11-20-15)17(19)9-5-6-10-17/h3-4,7-8,11,13H,5-6,9-10H2,1-2H3/t13-/m0/s1. The average molecular weight is 284 g/mol. The molecule has 0 unspecified atom stereocenters. The van der Waals surface area contributed by atoms with Crippen LogP contribution in [-0.4, -0.2) is 4.98 Å². The Balaban J connectivity index is 1.91. The van der Waals surface area contributed by atoms with E-state index in [0.717, 1.165) is 0 Å². The predicted molar refractivity (Wildman–Crippen MR) is 84.3 cm³/mol. The zero-order valence-electron chi connectivity index (χ0n) is 12.1. The van der Waals surface area contributed by atoms with Gasteiger partial charge in [0, 0.05) is 5.69 Å². The van der Waals surface area contributed by atoms with Crippen LogP contribution in [0, 0.1) is 6.92 Å². The van der Waals surface area contributed by atoms with E-state index in [1.165, 1.54) is 47.5 Å². The van der Waals surface area contributed by atoms with Crippen molar-refractivity contribution in [1.82, 2.24) is 4.98 Å². The molecule has 1 spiro atoms. The Bertz CT molecular complexity index is 640. The lowest BCUT2D eigenvalue weighted by Crippen LogP contribution is -2.41. The summed E-state index contributed by atoms with van der Waals surface area (Å²) in [5.41, 5.74) is 6.35. The van der Waals surface area contributed by atoms with Crippen LogP contribution in [0.4, 0.5) is 5.69 Å². The van der Waals surface area contributed by atoms with Crippen LogP contribution in [0.25, 0.3) is 0 Å². The maximum Gasteiger partial charge on any atom is 0.0842 e. The third-order valence-corrected chi connectivity index (χ3v) is 6.07. The van der Waals surface area contributed by atoms with Gasteiger partial charge in [0.05, 0.1) is 27.7 Å². The Morgan fingerprint density at radius 1 is 1.25 bits per heavy atom. The molecule has 1 aliphatic heterocycles. The molecule has 1 aromatic carbocycles. The summed E-state index contributed by atoms with van der Waals surface area (Å²) in [5.74, 6) is 0. The highest BCUT2D eigenvalue weighted by molar-refractivity contribution is 7.09. The molecule has 0 radical (unpaired) electrons. The molecule has 1 fully saturated rings. The minimum Gasteiger partial charge on any atom is -0.352 e.